The van der Waals surface area contributed by atoms with Crippen molar-refractivity contribution in [2.45, 2.75) is 12.5 Å². The molecule has 0 aliphatic carbocycles. The maximum Gasteiger partial charge on any atom is 0.123 e. The lowest BCUT2D eigenvalue weighted by Gasteiger charge is -2.21. The van der Waals surface area contributed by atoms with Crippen LogP contribution in [0.3, 0.4) is 0 Å². The monoisotopic (exact) mass is 282 g/mol. The molecule has 1 N–H and O–H groups in total. The fraction of sp³-hybridized carbons (Fsp3) is 0.222. The highest BCUT2D eigenvalue weighted by atomic mass is 19.1. The molecule has 0 fully saturated rings. The Bertz CT molecular complexity index is 715. The molecule has 0 aliphatic heterocycles. The molecule has 1 unspecified atom stereocenters. The lowest BCUT2D eigenvalue weighted by molar-refractivity contribution is 0.537. The molecule has 3 heteroatoms. The number of nitrogens with one attached hydrogen (secondary N) is 1. The Morgan fingerprint density at radius 2 is 1.81 bits per heavy atom. The quantitative estimate of drug-likeness (QED) is 0.749. The van der Waals surface area contributed by atoms with Gasteiger partial charge in [-0.05, 0) is 55.2 Å². The van der Waals surface area contributed by atoms with Crippen LogP contribution in [-0.2, 0) is 0 Å². The summed E-state index contributed by atoms with van der Waals surface area (Å²) in [6, 6.07) is 17.5. The van der Waals surface area contributed by atoms with E-state index in [4.69, 9.17) is 0 Å². The highest BCUT2D eigenvalue weighted by molar-refractivity contribution is 5.80. The molecular formula is C18H19FN2. The standard InChI is InChI=1S/C18H19FN2/c1-20-12-10-18(15-6-8-16(19)9-7-15)21-13-11-14-4-2-3-5-17(14)21/h2-9,11,13,18,20H,10,12H2,1H3. The van der Waals surface area contributed by atoms with Gasteiger partial charge in [-0.15, -0.1) is 0 Å². The van der Waals surface area contributed by atoms with Gasteiger partial charge >= 0.3 is 0 Å². The van der Waals surface area contributed by atoms with Crippen LogP contribution in [0, 0.1) is 5.82 Å². The van der Waals surface area contributed by atoms with Crippen molar-refractivity contribution in [1.29, 1.82) is 0 Å². The predicted molar refractivity (Wildman–Crippen MR) is 85.0 cm³/mol. The van der Waals surface area contributed by atoms with Gasteiger partial charge < -0.3 is 9.88 Å². The van der Waals surface area contributed by atoms with E-state index in [9.17, 15) is 4.39 Å². The molecule has 1 atom stereocenters. The van der Waals surface area contributed by atoms with Gasteiger partial charge in [0.15, 0.2) is 0 Å². The summed E-state index contributed by atoms with van der Waals surface area (Å²) in [4.78, 5) is 0. The number of halogens is 1. The van der Waals surface area contributed by atoms with Gasteiger partial charge in [0, 0.05) is 11.7 Å². The average molecular weight is 282 g/mol. The van der Waals surface area contributed by atoms with E-state index in [1.807, 2.05) is 25.2 Å². The Hall–Kier alpha value is -2.13. The maximum absolute atomic E-state index is 13.2. The van der Waals surface area contributed by atoms with Crippen LogP contribution in [0.15, 0.2) is 60.8 Å². The SMILES string of the molecule is CNCCC(c1ccc(F)cc1)n1ccc2ccccc21. The smallest absolute Gasteiger partial charge is 0.123 e. The first kappa shape index (κ1) is 13.8. The summed E-state index contributed by atoms with van der Waals surface area (Å²) in [7, 11) is 1.95. The fourth-order valence-corrected chi connectivity index (χ4v) is 2.81. The number of para-hydroxylation sites is 1. The van der Waals surface area contributed by atoms with Gasteiger partial charge in [0.2, 0.25) is 0 Å². The molecule has 108 valence electrons. The van der Waals surface area contributed by atoms with Gasteiger partial charge in [0.1, 0.15) is 5.82 Å². The second kappa shape index (κ2) is 6.10. The first-order valence-corrected chi connectivity index (χ1v) is 7.25. The summed E-state index contributed by atoms with van der Waals surface area (Å²) in [5.41, 5.74) is 2.34. The molecule has 0 saturated carbocycles. The second-order valence-electron chi connectivity index (χ2n) is 5.24. The molecule has 1 heterocycles. The van der Waals surface area contributed by atoms with Crippen LogP contribution in [0.5, 0.6) is 0 Å². The Morgan fingerprint density at radius 3 is 2.57 bits per heavy atom. The number of rotatable bonds is 5. The van der Waals surface area contributed by atoms with Gasteiger partial charge in [-0.2, -0.15) is 0 Å². The average Bonchev–Trinajstić information content (AvgIpc) is 2.93. The van der Waals surface area contributed by atoms with E-state index in [0.717, 1.165) is 18.5 Å². The van der Waals surface area contributed by atoms with Crippen LogP contribution >= 0.6 is 0 Å². The van der Waals surface area contributed by atoms with Crippen LogP contribution < -0.4 is 5.32 Å². The summed E-state index contributed by atoms with van der Waals surface area (Å²) in [6.07, 6.45) is 3.08. The number of fused-ring (bicyclic) bond motifs is 1. The summed E-state index contributed by atoms with van der Waals surface area (Å²) in [6.45, 7) is 0.911. The van der Waals surface area contributed by atoms with Crippen molar-refractivity contribution >= 4 is 10.9 Å². The molecule has 3 aromatic rings. The van der Waals surface area contributed by atoms with E-state index in [0.29, 0.717) is 0 Å². The van der Waals surface area contributed by atoms with E-state index in [1.54, 1.807) is 0 Å². The molecule has 2 aromatic carbocycles. The lowest BCUT2D eigenvalue weighted by Crippen LogP contribution is -2.17. The number of hydrogen-bond acceptors (Lipinski definition) is 1. The highest BCUT2D eigenvalue weighted by Gasteiger charge is 2.15. The number of benzene rings is 2. The highest BCUT2D eigenvalue weighted by Crippen LogP contribution is 2.27. The first-order valence-electron chi connectivity index (χ1n) is 7.25. The van der Waals surface area contributed by atoms with E-state index >= 15 is 0 Å². The number of hydrogen-bond donors (Lipinski definition) is 1. The molecule has 0 bridgehead atoms. The molecule has 21 heavy (non-hydrogen) atoms. The Kier molecular flexibility index (Phi) is 4.02. The summed E-state index contributed by atoms with van der Waals surface area (Å²) in [5, 5.41) is 4.43. The minimum Gasteiger partial charge on any atom is -0.340 e. The molecule has 1 aromatic heterocycles. The van der Waals surface area contributed by atoms with E-state index in [-0.39, 0.29) is 11.9 Å². The molecule has 2 nitrogen and oxygen atoms in total. The van der Waals surface area contributed by atoms with Crippen molar-refractivity contribution in [3.8, 4) is 0 Å². The van der Waals surface area contributed by atoms with Crippen molar-refractivity contribution in [3.05, 3.63) is 72.2 Å². The predicted octanol–water partition coefficient (Wildman–Crippen LogP) is 3.98. The first-order chi connectivity index (χ1) is 10.3. The van der Waals surface area contributed by atoms with Crippen LogP contribution in [0.4, 0.5) is 4.39 Å². The Labute approximate surface area is 124 Å². The fourth-order valence-electron chi connectivity index (χ4n) is 2.81. The zero-order valence-corrected chi connectivity index (χ0v) is 12.1. The summed E-state index contributed by atoms with van der Waals surface area (Å²) >= 11 is 0. The Morgan fingerprint density at radius 1 is 1.05 bits per heavy atom. The minimum absolute atomic E-state index is 0.191. The number of aromatic nitrogens is 1. The van der Waals surface area contributed by atoms with Crippen molar-refractivity contribution in [2.24, 2.45) is 0 Å². The minimum atomic E-state index is -0.191. The largest absolute Gasteiger partial charge is 0.340 e. The summed E-state index contributed by atoms with van der Waals surface area (Å²) < 4.78 is 15.5. The molecular weight excluding hydrogens is 263 g/mol. The zero-order valence-electron chi connectivity index (χ0n) is 12.1. The van der Waals surface area contributed by atoms with Gasteiger partial charge in [0.05, 0.1) is 6.04 Å². The molecule has 0 radical (unpaired) electrons. The van der Waals surface area contributed by atoms with Crippen LogP contribution in [-0.4, -0.2) is 18.2 Å². The van der Waals surface area contributed by atoms with E-state index in [2.05, 4.69) is 40.3 Å². The third kappa shape index (κ3) is 2.83. The topological polar surface area (TPSA) is 17.0 Å². The van der Waals surface area contributed by atoms with Gasteiger partial charge in [-0.3, -0.25) is 0 Å². The van der Waals surface area contributed by atoms with Crippen molar-refractivity contribution < 1.29 is 4.39 Å². The van der Waals surface area contributed by atoms with Crippen molar-refractivity contribution in [2.75, 3.05) is 13.6 Å². The van der Waals surface area contributed by atoms with Gasteiger partial charge in [-0.25, -0.2) is 4.39 Å². The molecule has 3 rings (SSSR count). The van der Waals surface area contributed by atoms with Gasteiger partial charge in [-0.1, -0.05) is 30.3 Å². The maximum atomic E-state index is 13.2. The van der Waals surface area contributed by atoms with E-state index < -0.39 is 0 Å². The summed E-state index contributed by atoms with van der Waals surface area (Å²) in [5.74, 6) is -0.191. The van der Waals surface area contributed by atoms with Crippen LogP contribution in [0.25, 0.3) is 10.9 Å². The zero-order chi connectivity index (χ0) is 14.7. The van der Waals surface area contributed by atoms with Crippen LogP contribution in [0.2, 0.25) is 0 Å². The molecule has 0 aliphatic rings. The third-order valence-corrected chi connectivity index (χ3v) is 3.89. The second-order valence-corrected chi connectivity index (χ2v) is 5.24. The third-order valence-electron chi connectivity index (χ3n) is 3.89. The van der Waals surface area contributed by atoms with Crippen molar-refractivity contribution in [1.82, 2.24) is 9.88 Å². The Balaban J connectivity index is 2.04. The van der Waals surface area contributed by atoms with E-state index in [1.165, 1.54) is 23.0 Å². The lowest BCUT2D eigenvalue weighted by atomic mass is 10.0. The number of nitrogens with zero attached hydrogens (tertiary/aromatic N) is 1. The van der Waals surface area contributed by atoms with Gasteiger partial charge in [0.25, 0.3) is 0 Å². The molecule has 0 amide bonds. The molecule has 0 spiro atoms. The van der Waals surface area contributed by atoms with Crippen LogP contribution in [0.1, 0.15) is 18.0 Å². The normalized spacial score (nSPS) is 12.7. The van der Waals surface area contributed by atoms with Crippen molar-refractivity contribution in [3.63, 3.8) is 0 Å². The molecule has 0 saturated heterocycles.